The summed E-state index contributed by atoms with van der Waals surface area (Å²) in [6.45, 7) is 5.11. The number of nitrogens with two attached hydrogens (primary N) is 1. The molecule has 17 heavy (non-hydrogen) atoms. The molecule has 1 aliphatic rings. The lowest BCUT2D eigenvalue weighted by atomic mass is 10.1. The Kier molecular flexibility index (Phi) is 4.82. The van der Waals surface area contributed by atoms with Crippen LogP contribution in [0.4, 0.5) is 0 Å². The smallest absolute Gasteiger partial charge is 0.0596 e. The fourth-order valence-electron chi connectivity index (χ4n) is 2.16. The van der Waals surface area contributed by atoms with Crippen LogP contribution in [-0.4, -0.2) is 38.3 Å². The minimum Gasteiger partial charge on any atom is -0.326 e. The van der Waals surface area contributed by atoms with Crippen LogP contribution in [0, 0.1) is 6.92 Å². The minimum atomic E-state index is 0.259. The van der Waals surface area contributed by atoms with Gasteiger partial charge in [0.25, 0.3) is 0 Å². The van der Waals surface area contributed by atoms with Crippen molar-refractivity contribution < 1.29 is 0 Å². The van der Waals surface area contributed by atoms with E-state index in [0.29, 0.717) is 5.25 Å². The van der Waals surface area contributed by atoms with E-state index in [-0.39, 0.29) is 6.04 Å². The third-order valence-corrected chi connectivity index (χ3v) is 5.99. The maximum Gasteiger partial charge on any atom is 0.0596 e. The molecular formula is C12H21N3S2. The number of hydrogen-bond donors (Lipinski definition) is 1. The second-order valence-electron chi connectivity index (χ2n) is 4.44. The molecule has 1 saturated heterocycles. The van der Waals surface area contributed by atoms with Crippen LogP contribution in [0.1, 0.15) is 18.3 Å². The molecular weight excluding hydrogens is 250 g/mol. The van der Waals surface area contributed by atoms with E-state index in [0.717, 1.165) is 18.7 Å². The molecule has 0 saturated carbocycles. The number of aromatic nitrogens is 2. The van der Waals surface area contributed by atoms with Crippen LogP contribution in [0.25, 0.3) is 0 Å². The number of aryl methyl sites for hydroxylation is 2. The molecule has 2 atom stereocenters. The first kappa shape index (κ1) is 13.3. The predicted octanol–water partition coefficient (Wildman–Crippen LogP) is 1.93. The van der Waals surface area contributed by atoms with Gasteiger partial charge in [-0.2, -0.15) is 28.6 Å². The van der Waals surface area contributed by atoms with E-state index in [1.807, 2.05) is 30.4 Å². The number of rotatable bonds is 4. The summed E-state index contributed by atoms with van der Waals surface area (Å²) >= 11 is 4.07. The summed E-state index contributed by atoms with van der Waals surface area (Å²) in [6, 6.07) is 2.43. The van der Waals surface area contributed by atoms with Gasteiger partial charge < -0.3 is 5.73 Å². The van der Waals surface area contributed by atoms with Gasteiger partial charge in [-0.25, -0.2) is 0 Å². The minimum absolute atomic E-state index is 0.259. The zero-order chi connectivity index (χ0) is 12.3. The highest BCUT2D eigenvalue weighted by Crippen LogP contribution is 2.27. The van der Waals surface area contributed by atoms with Crippen LogP contribution in [0.15, 0.2) is 6.07 Å². The van der Waals surface area contributed by atoms with Gasteiger partial charge in [-0.3, -0.25) is 4.68 Å². The normalized spacial score (nSPS) is 22.6. The summed E-state index contributed by atoms with van der Waals surface area (Å²) in [4.78, 5) is 0. The molecule has 3 nitrogen and oxygen atoms in total. The van der Waals surface area contributed by atoms with Crippen molar-refractivity contribution in [2.75, 3.05) is 17.3 Å². The van der Waals surface area contributed by atoms with Crippen molar-refractivity contribution in [1.29, 1.82) is 0 Å². The van der Waals surface area contributed by atoms with Crippen molar-refractivity contribution in [3.63, 3.8) is 0 Å². The summed E-state index contributed by atoms with van der Waals surface area (Å²) in [7, 11) is 0. The average molecular weight is 271 g/mol. The first-order valence-corrected chi connectivity index (χ1v) is 8.39. The zero-order valence-corrected chi connectivity index (χ0v) is 12.2. The molecule has 0 spiro atoms. The molecule has 96 valence electrons. The zero-order valence-electron chi connectivity index (χ0n) is 10.6. The monoisotopic (exact) mass is 271 g/mol. The third kappa shape index (κ3) is 3.42. The topological polar surface area (TPSA) is 43.8 Å². The molecule has 0 bridgehead atoms. The summed E-state index contributed by atoms with van der Waals surface area (Å²) in [6.07, 6.45) is 0.951. The predicted molar refractivity (Wildman–Crippen MR) is 77.9 cm³/mol. The Morgan fingerprint density at radius 2 is 2.41 bits per heavy atom. The Labute approximate surface area is 112 Å². The van der Waals surface area contributed by atoms with Crippen LogP contribution in [-0.2, 0) is 13.0 Å². The number of nitrogens with zero attached hydrogens (tertiary/aromatic N) is 2. The molecule has 1 fully saturated rings. The lowest BCUT2D eigenvalue weighted by Crippen LogP contribution is -2.38. The molecule has 0 aliphatic carbocycles. The van der Waals surface area contributed by atoms with E-state index in [9.17, 15) is 0 Å². The molecule has 2 rings (SSSR count). The quantitative estimate of drug-likeness (QED) is 0.909. The Bertz CT molecular complexity index is 359. The van der Waals surface area contributed by atoms with E-state index in [2.05, 4.69) is 22.8 Å². The molecule has 0 amide bonds. The Balaban J connectivity index is 1.98. The van der Waals surface area contributed by atoms with Crippen molar-refractivity contribution in [2.45, 2.75) is 38.1 Å². The molecule has 1 aromatic rings. The number of hydrogen-bond acceptors (Lipinski definition) is 4. The maximum absolute atomic E-state index is 6.34. The van der Waals surface area contributed by atoms with E-state index in [1.165, 1.54) is 23.0 Å². The van der Waals surface area contributed by atoms with Crippen molar-refractivity contribution in [1.82, 2.24) is 9.78 Å². The van der Waals surface area contributed by atoms with Gasteiger partial charge in [0, 0.05) is 47.2 Å². The highest BCUT2D eigenvalue weighted by atomic mass is 32.2. The van der Waals surface area contributed by atoms with Crippen LogP contribution >= 0.6 is 23.5 Å². The fourth-order valence-corrected chi connectivity index (χ4v) is 4.99. The fraction of sp³-hybridized carbons (Fsp3) is 0.750. The molecule has 0 radical (unpaired) electrons. The molecule has 1 aromatic heterocycles. The summed E-state index contributed by atoms with van der Waals surface area (Å²) in [5.41, 5.74) is 8.72. The standard InChI is InChI=1S/C12H21N3S2/c1-3-15-10(6-9(2)14-15)7-11(13)12-8-16-4-5-17-12/h6,11-12H,3-5,7-8,13H2,1-2H3. The lowest BCUT2D eigenvalue weighted by Gasteiger charge is -2.26. The maximum atomic E-state index is 6.34. The van der Waals surface area contributed by atoms with E-state index < -0.39 is 0 Å². The average Bonchev–Trinajstić information content (AvgIpc) is 2.70. The van der Waals surface area contributed by atoms with Gasteiger partial charge in [0.05, 0.1) is 5.69 Å². The van der Waals surface area contributed by atoms with E-state index in [4.69, 9.17) is 5.73 Å². The van der Waals surface area contributed by atoms with Gasteiger partial charge in [-0.15, -0.1) is 0 Å². The molecule has 2 unspecified atom stereocenters. The summed E-state index contributed by atoms with van der Waals surface area (Å²) < 4.78 is 2.08. The Morgan fingerprint density at radius 3 is 3.06 bits per heavy atom. The van der Waals surface area contributed by atoms with Crippen LogP contribution < -0.4 is 5.73 Å². The van der Waals surface area contributed by atoms with E-state index in [1.54, 1.807) is 0 Å². The molecule has 0 aromatic carbocycles. The van der Waals surface area contributed by atoms with Crippen molar-refractivity contribution >= 4 is 23.5 Å². The van der Waals surface area contributed by atoms with E-state index >= 15 is 0 Å². The van der Waals surface area contributed by atoms with Gasteiger partial charge >= 0.3 is 0 Å². The third-order valence-electron chi connectivity index (χ3n) is 3.05. The van der Waals surface area contributed by atoms with Crippen molar-refractivity contribution in [3.05, 3.63) is 17.5 Å². The molecule has 5 heteroatoms. The second kappa shape index (κ2) is 6.16. The van der Waals surface area contributed by atoms with Gasteiger partial charge in [-0.1, -0.05) is 0 Å². The molecule has 1 aliphatic heterocycles. The van der Waals surface area contributed by atoms with Crippen LogP contribution in [0.5, 0.6) is 0 Å². The Morgan fingerprint density at radius 1 is 1.59 bits per heavy atom. The van der Waals surface area contributed by atoms with Gasteiger partial charge in [-0.05, 0) is 19.9 Å². The van der Waals surface area contributed by atoms with Gasteiger partial charge in [0.1, 0.15) is 0 Å². The SMILES string of the molecule is CCn1nc(C)cc1CC(N)C1CSCCS1. The first-order chi connectivity index (χ1) is 8.20. The largest absolute Gasteiger partial charge is 0.326 e. The summed E-state index contributed by atoms with van der Waals surface area (Å²) in [5.74, 6) is 3.72. The Hall–Kier alpha value is -0.130. The van der Waals surface area contributed by atoms with Crippen molar-refractivity contribution in [2.24, 2.45) is 5.73 Å². The van der Waals surface area contributed by atoms with Crippen molar-refractivity contribution in [3.8, 4) is 0 Å². The highest BCUT2D eigenvalue weighted by Gasteiger charge is 2.22. The lowest BCUT2D eigenvalue weighted by molar-refractivity contribution is 0.574. The van der Waals surface area contributed by atoms with Crippen LogP contribution in [0.3, 0.4) is 0 Å². The molecule has 2 heterocycles. The highest BCUT2D eigenvalue weighted by molar-refractivity contribution is 8.06. The summed E-state index contributed by atoms with van der Waals surface area (Å²) in [5, 5.41) is 5.08. The van der Waals surface area contributed by atoms with Gasteiger partial charge in [0.15, 0.2) is 0 Å². The second-order valence-corrected chi connectivity index (χ2v) is 6.94. The number of thioether (sulfide) groups is 2. The molecule has 2 N–H and O–H groups in total. The van der Waals surface area contributed by atoms with Gasteiger partial charge in [0.2, 0.25) is 0 Å². The first-order valence-electron chi connectivity index (χ1n) is 6.19. The van der Waals surface area contributed by atoms with Crippen LogP contribution in [0.2, 0.25) is 0 Å².